The highest BCUT2D eigenvalue weighted by Gasteiger charge is 2.15. The van der Waals surface area contributed by atoms with Gasteiger partial charge in [-0.05, 0) is 43.9 Å². The highest BCUT2D eigenvalue weighted by molar-refractivity contribution is 7.18. The van der Waals surface area contributed by atoms with Gasteiger partial charge in [-0.2, -0.15) is 0 Å². The van der Waals surface area contributed by atoms with E-state index >= 15 is 0 Å². The van der Waals surface area contributed by atoms with Gasteiger partial charge >= 0.3 is 6.16 Å². The van der Waals surface area contributed by atoms with E-state index in [2.05, 4.69) is 4.74 Å². The first kappa shape index (κ1) is 14.1. The molecule has 0 fully saturated rings. The fourth-order valence-corrected chi connectivity index (χ4v) is 4.09. The van der Waals surface area contributed by atoms with Crippen molar-refractivity contribution in [2.75, 3.05) is 0 Å². The number of fused-ring (bicyclic) bond motifs is 2. The summed E-state index contributed by atoms with van der Waals surface area (Å²) in [5, 5.41) is 9.34. The lowest BCUT2D eigenvalue weighted by Crippen LogP contribution is -2.13. The van der Waals surface area contributed by atoms with Gasteiger partial charge in [-0.1, -0.05) is 12.8 Å². The Morgan fingerprint density at radius 1 is 1.14 bits per heavy atom. The number of aryl methyl sites for hydroxylation is 1. The molecule has 1 N–H and O–H groups in total. The van der Waals surface area contributed by atoms with Crippen molar-refractivity contribution in [2.24, 2.45) is 0 Å². The van der Waals surface area contributed by atoms with E-state index in [1.807, 2.05) is 0 Å². The molecule has 2 aromatic rings. The van der Waals surface area contributed by atoms with Crippen LogP contribution in [0.3, 0.4) is 0 Å². The fraction of sp³-hybridized carbons (Fsp3) is 0.375. The number of hydrogen-bond acceptors (Lipinski definition) is 4. The van der Waals surface area contributed by atoms with Gasteiger partial charge in [0, 0.05) is 20.5 Å². The van der Waals surface area contributed by atoms with Crippen LogP contribution in [0.25, 0.3) is 10.1 Å². The van der Waals surface area contributed by atoms with Gasteiger partial charge < -0.3 is 9.84 Å². The molecule has 110 valence electrons. The molecule has 21 heavy (non-hydrogen) atoms. The second-order valence-corrected chi connectivity index (χ2v) is 6.41. The molecule has 5 heteroatoms. The monoisotopic (exact) mass is 304 g/mol. The lowest BCUT2D eigenvalue weighted by atomic mass is 9.98. The Kier molecular flexibility index (Phi) is 3.92. The zero-order chi connectivity index (χ0) is 14.8. The molecule has 0 unspecified atom stereocenters. The summed E-state index contributed by atoms with van der Waals surface area (Å²) in [5.74, 6) is 0.261. The highest BCUT2D eigenvalue weighted by Crippen LogP contribution is 2.29. The molecule has 3 rings (SSSR count). The first-order valence-electron chi connectivity index (χ1n) is 7.14. The van der Waals surface area contributed by atoms with E-state index in [-0.39, 0.29) is 11.2 Å². The third kappa shape index (κ3) is 2.93. The lowest BCUT2D eigenvalue weighted by Gasteiger charge is -2.13. The largest absolute Gasteiger partial charge is 0.511 e. The number of carboxylic acid groups (broad SMARTS) is 1. The maximum atomic E-state index is 12.6. The second kappa shape index (κ2) is 5.85. The first-order chi connectivity index (χ1) is 10.1. The Morgan fingerprint density at radius 3 is 2.67 bits per heavy atom. The van der Waals surface area contributed by atoms with Crippen molar-refractivity contribution in [3.63, 3.8) is 0 Å². The minimum Gasteiger partial charge on any atom is -0.449 e. The first-order valence-corrected chi connectivity index (χ1v) is 7.96. The van der Waals surface area contributed by atoms with E-state index in [1.165, 1.54) is 12.8 Å². The van der Waals surface area contributed by atoms with Crippen LogP contribution in [0.1, 0.15) is 36.1 Å². The topological polar surface area (TPSA) is 63.6 Å². The fourth-order valence-electron chi connectivity index (χ4n) is 2.82. The zero-order valence-electron chi connectivity index (χ0n) is 11.6. The van der Waals surface area contributed by atoms with Crippen LogP contribution < -0.4 is 10.2 Å². The maximum Gasteiger partial charge on any atom is 0.511 e. The summed E-state index contributed by atoms with van der Waals surface area (Å²) in [6, 6.07) is 4.86. The summed E-state index contributed by atoms with van der Waals surface area (Å²) in [6.45, 7) is 0. The van der Waals surface area contributed by atoms with Gasteiger partial charge in [0.1, 0.15) is 5.75 Å². The summed E-state index contributed by atoms with van der Waals surface area (Å²) in [5.41, 5.74) is 1.06. The predicted molar refractivity (Wildman–Crippen MR) is 82.6 cm³/mol. The Balaban J connectivity index is 2.13. The minimum atomic E-state index is -1.34. The van der Waals surface area contributed by atoms with Crippen molar-refractivity contribution in [3.05, 3.63) is 38.9 Å². The normalized spacial score (nSPS) is 15.0. The van der Waals surface area contributed by atoms with Gasteiger partial charge in [0.15, 0.2) is 5.43 Å². The van der Waals surface area contributed by atoms with E-state index < -0.39 is 6.16 Å². The summed E-state index contributed by atoms with van der Waals surface area (Å²) < 4.78 is 5.48. The highest BCUT2D eigenvalue weighted by atomic mass is 32.1. The predicted octanol–water partition coefficient (Wildman–Crippen LogP) is 3.98. The van der Waals surface area contributed by atoms with Crippen molar-refractivity contribution in [1.82, 2.24) is 0 Å². The molecule has 0 radical (unpaired) electrons. The molecule has 1 aliphatic carbocycles. The van der Waals surface area contributed by atoms with Gasteiger partial charge in [0.25, 0.3) is 0 Å². The number of rotatable bonds is 1. The maximum absolute atomic E-state index is 12.6. The van der Waals surface area contributed by atoms with Crippen molar-refractivity contribution >= 4 is 27.6 Å². The Morgan fingerprint density at radius 2 is 1.90 bits per heavy atom. The van der Waals surface area contributed by atoms with E-state index in [1.54, 1.807) is 29.5 Å². The average molecular weight is 304 g/mol. The average Bonchev–Trinajstić information content (AvgIpc) is 2.40. The molecule has 0 saturated heterocycles. The van der Waals surface area contributed by atoms with Crippen molar-refractivity contribution < 1.29 is 14.6 Å². The van der Waals surface area contributed by atoms with E-state index in [4.69, 9.17) is 5.11 Å². The molecule has 0 bridgehead atoms. The minimum absolute atomic E-state index is 0.0996. The SMILES string of the molecule is O=C(O)Oc1ccc2c(=O)c3c(sc2c1)CCCCCC3. The van der Waals surface area contributed by atoms with Crippen LogP contribution in [0, 0.1) is 0 Å². The molecule has 0 atom stereocenters. The number of ether oxygens (including phenoxy) is 1. The van der Waals surface area contributed by atoms with Crippen LogP contribution >= 0.6 is 11.3 Å². The lowest BCUT2D eigenvalue weighted by molar-refractivity contribution is 0.144. The van der Waals surface area contributed by atoms with Gasteiger partial charge in [-0.3, -0.25) is 4.79 Å². The molecular formula is C16H16O4S. The smallest absolute Gasteiger partial charge is 0.449 e. The van der Waals surface area contributed by atoms with E-state index in [0.29, 0.717) is 5.39 Å². The summed E-state index contributed by atoms with van der Waals surface area (Å²) in [4.78, 5) is 24.4. The quantitative estimate of drug-likeness (QED) is 0.639. The number of carbonyl (C=O) groups is 1. The standard InChI is InChI=1S/C16H16O4S/c17-15-11-5-3-1-2-4-6-13(11)21-14-9-10(20-16(18)19)7-8-12(14)15/h7-9H,1-6H2,(H,18,19). The van der Waals surface area contributed by atoms with E-state index in [9.17, 15) is 9.59 Å². The van der Waals surface area contributed by atoms with Crippen LogP contribution in [0.5, 0.6) is 5.75 Å². The summed E-state index contributed by atoms with van der Waals surface area (Å²) >= 11 is 1.59. The summed E-state index contributed by atoms with van der Waals surface area (Å²) in [6.07, 6.45) is 5.03. The Hall–Kier alpha value is -1.88. The molecular weight excluding hydrogens is 288 g/mol. The van der Waals surface area contributed by atoms with Crippen molar-refractivity contribution in [3.8, 4) is 5.75 Å². The molecule has 1 aromatic heterocycles. The Labute approximate surface area is 126 Å². The van der Waals surface area contributed by atoms with Crippen molar-refractivity contribution in [2.45, 2.75) is 38.5 Å². The zero-order valence-corrected chi connectivity index (χ0v) is 12.4. The molecule has 1 aromatic carbocycles. The number of hydrogen-bond donors (Lipinski definition) is 1. The van der Waals surface area contributed by atoms with Crippen LogP contribution in [0.4, 0.5) is 4.79 Å². The van der Waals surface area contributed by atoms with Crippen LogP contribution in [0.15, 0.2) is 23.0 Å². The molecule has 1 heterocycles. The third-order valence-corrected chi connectivity index (χ3v) is 5.08. The van der Waals surface area contributed by atoms with Gasteiger partial charge in [-0.15, -0.1) is 11.3 Å². The second-order valence-electron chi connectivity index (χ2n) is 5.27. The third-order valence-electron chi connectivity index (χ3n) is 3.83. The molecule has 0 spiro atoms. The van der Waals surface area contributed by atoms with Gasteiger partial charge in [0.2, 0.25) is 0 Å². The molecule has 4 nitrogen and oxygen atoms in total. The number of benzene rings is 1. The van der Waals surface area contributed by atoms with Crippen LogP contribution in [-0.2, 0) is 12.8 Å². The molecule has 0 saturated carbocycles. The van der Waals surface area contributed by atoms with Gasteiger partial charge in [0.05, 0.1) is 0 Å². The van der Waals surface area contributed by atoms with Crippen molar-refractivity contribution in [1.29, 1.82) is 0 Å². The molecule has 1 aliphatic rings. The molecule has 0 aliphatic heterocycles. The van der Waals surface area contributed by atoms with Crippen LogP contribution in [-0.4, -0.2) is 11.3 Å². The summed E-state index contributed by atoms with van der Waals surface area (Å²) in [7, 11) is 0. The van der Waals surface area contributed by atoms with Crippen LogP contribution in [0.2, 0.25) is 0 Å². The Bertz CT molecular complexity index is 748. The van der Waals surface area contributed by atoms with E-state index in [0.717, 1.165) is 40.8 Å². The molecule has 0 amide bonds. The van der Waals surface area contributed by atoms with Gasteiger partial charge in [-0.25, -0.2) is 4.79 Å².